The van der Waals surface area contributed by atoms with Crippen molar-refractivity contribution in [3.8, 4) is 28.6 Å². The first-order chi connectivity index (χ1) is 12.2. The lowest BCUT2D eigenvalue weighted by atomic mass is 10.1. The van der Waals surface area contributed by atoms with Crippen molar-refractivity contribution in [3.63, 3.8) is 0 Å². The fraction of sp³-hybridized carbons (Fsp3) is 0.474. The smallest absolute Gasteiger partial charge is 0.257 e. The van der Waals surface area contributed by atoms with Gasteiger partial charge >= 0.3 is 0 Å². The molecule has 0 aliphatic rings. The summed E-state index contributed by atoms with van der Waals surface area (Å²) in [6.45, 7) is 6.75. The van der Waals surface area contributed by atoms with Crippen LogP contribution in [0, 0.1) is 0 Å². The molecule has 0 spiro atoms. The third-order valence-electron chi connectivity index (χ3n) is 3.92. The molecule has 0 saturated heterocycles. The molecule has 6 heteroatoms. The molecular weight excluding hydrogens is 318 g/mol. The quantitative estimate of drug-likeness (QED) is 0.736. The normalized spacial score (nSPS) is 10.6. The highest BCUT2D eigenvalue weighted by atomic mass is 16.5. The molecule has 0 bridgehead atoms. The standard InChI is InChI=1S/C19H27N3O3/c1-6-13(7-2)25-19-18(20-4)22-16(12-21-19)15-10-9-14(24-8-3)11-17(15)23-5/h9-13H,6-8H2,1-5H3,(H,20,22). The Bertz CT molecular complexity index is 688. The largest absolute Gasteiger partial charge is 0.496 e. The van der Waals surface area contributed by atoms with E-state index in [4.69, 9.17) is 14.2 Å². The van der Waals surface area contributed by atoms with Crippen LogP contribution in [-0.4, -0.2) is 36.8 Å². The van der Waals surface area contributed by atoms with Crippen molar-refractivity contribution in [2.75, 3.05) is 26.1 Å². The minimum Gasteiger partial charge on any atom is -0.496 e. The lowest BCUT2D eigenvalue weighted by molar-refractivity contribution is 0.185. The zero-order valence-corrected chi connectivity index (χ0v) is 15.6. The summed E-state index contributed by atoms with van der Waals surface area (Å²) >= 11 is 0. The van der Waals surface area contributed by atoms with Crippen molar-refractivity contribution >= 4 is 5.82 Å². The van der Waals surface area contributed by atoms with Crippen molar-refractivity contribution in [2.24, 2.45) is 0 Å². The Morgan fingerprint density at radius 1 is 1.16 bits per heavy atom. The number of nitrogens with one attached hydrogen (secondary N) is 1. The van der Waals surface area contributed by atoms with Crippen LogP contribution in [0.5, 0.6) is 17.4 Å². The van der Waals surface area contributed by atoms with Crippen molar-refractivity contribution in [3.05, 3.63) is 24.4 Å². The molecule has 1 heterocycles. The van der Waals surface area contributed by atoms with Gasteiger partial charge in [-0.3, -0.25) is 0 Å². The Kier molecular flexibility index (Phi) is 6.86. The lowest BCUT2D eigenvalue weighted by Crippen LogP contribution is -2.16. The van der Waals surface area contributed by atoms with Gasteiger partial charge in [-0.2, -0.15) is 0 Å². The molecule has 0 aliphatic heterocycles. The monoisotopic (exact) mass is 345 g/mol. The third-order valence-corrected chi connectivity index (χ3v) is 3.92. The molecule has 0 unspecified atom stereocenters. The van der Waals surface area contributed by atoms with Gasteiger partial charge in [0.1, 0.15) is 17.6 Å². The van der Waals surface area contributed by atoms with Crippen LogP contribution in [-0.2, 0) is 0 Å². The number of hydrogen-bond donors (Lipinski definition) is 1. The zero-order valence-electron chi connectivity index (χ0n) is 15.6. The highest BCUT2D eigenvalue weighted by Crippen LogP contribution is 2.34. The van der Waals surface area contributed by atoms with Crippen LogP contribution in [0.2, 0.25) is 0 Å². The van der Waals surface area contributed by atoms with Crippen LogP contribution in [0.4, 0.5) is 5.82 Å². The highest BCUT2D eigenvalue weighted by molar-refractivity contribution is 5.69. The predicted octanol–water partition coefficient (Wildman–Crippen LogP) is 4.16. The van der Waals surface area contributed by atoms with Gasteiger partial charge in [-0.05, 0) is 31.9 Å². The maximum absolute atomic E-state index is 5.95. The van der Waals surface area contributed by atoms with E-state index in [1.165, 1.54) is 0 Å². The van der Waals surface area contributed by atoms with Gasteiger partial charge in [0.25, 0.3) is 5.88 Å². The first-order valence-electron chi connectivity index (χ1n) is 8.69. The Morgan fingerprint density at radius 2 is 1.92 bits per heavy atom. The van der Waals surface area contributed by atoms with Crippen LogP contribution in [0.15, 0.2) is 24.4 Å². The lowest BCUT2D eigenvalue weighted by Gasteiger charge is -2.17. The Labute approximate surface area is 149 Å². The molecular formula is C19H27N3O3. The van der Waals surface area contributed by atoms with Gasteiger partial charge in [0.05, 0.1) is 25.6 Å². The molecule has 2 aromatic rings. The van der Waals surface area contributed by atoms with Gasteiger partial charge in [-0.1, -0.05) is 13.8 Å². The molecule has 2 rings (SSSR count). The van der Waals surface area contributed by atoms with Crippen LogP contribution >= 0.6 is 0 Å². The van der Waals surface area contributed by atoms with Crippen molar-refractivity contribution in [2.45, 2.75) is 39.7 Å². The van der Waals surface area contributed by atoms with E-state index >= 15 is 0 Å². The number of anilines is 1. The van der Waals surface area contributed by atoms with Gasteiger partial charge in [0, 0.05) is 18.7 Å². The van der Waals surface area contributed by atoms with E-state index in [9.17, 15) is 0 Å². The molecule has 0 saturated carbocycles. The molecule has 1 aromatic carbocycles. The summed E-state index contributed by atoms with van der Waals surface area (Å²) in [6.07, 6.45) is 3.69. The summed E-state index contributed by atoms with van der Waals surface area (Å²) in [5, 5.41) is 3.06. The van der Waals surface area contributed by atoms with Gasteiger partial charge in [0.2, 0.25) is 0 Å². The predicted molar refractivity (Wildman–Crippen MR) is 99.7 cm³/mol. The van der Waals surface area contributed by atoms with Gasteiger partial charge < -0.3 is 19.5 Å². The van der Waals surface area contributed by atoms with Crippen LogP contribution in [0.3, 0.4) is 0 Å². The topological polar surface area (TPSA) is 65.5 Å². The van der Waals surface area contributed by atoms with E-state index in [1.54, 1.807) is 13.3 Å². The molecule has 0 aliphatic carbocycles. The number of nitrogens with zero attached hydrogens (tertiary/aromatic N) is 2. The summed E-state index contributed by atoms with van der Waals surface area (Å²) in [5.74, 6) is 2.58. The fourth-order valence-corrected chi connectivity index (χ4v) is 2.51. The minimum absolute atomic E-state index is 0.132. The average molecular weight is 345 g/mol. The molecule has 0 radical (unpaired) electrons. The van der Waals surface area contributed by atoms with Crippen molar-refractivity contribution in [1.82, 2.24) is 9.97 Å². The average Bonchev–Trinajstić information content (AvgIpc) is 2.66. The summed E-state index contributed by atoms with van der Waals surface area (Å²) in [5.41, 5.74) is 1.56. The van der Waals surface area contributed by atoms with E-state index in [1.807, 2.05) is 32.2 Å². The minimum atomic E-state index is 0.132. The highest BCUT2D eigenvalue weighted by Gasteiger charge is 2.15. The van der Waals surface area contributed by atoms with Crippen molar-refractivity contribution < 1.29 is 14.2 Å². The number of rotatable bonds is 9. The summed E-state index contributed by atoms with van der Waals surface area (Å²) in [7, 11) is 3.44. The maximum atomic E-state index is 5.95. The molecule has 0 fully saturated rings. The molecule has 25 heavy (non-hydrogen) atoms. The number of aromatic nitrogens is 2. The first kappa shape index (κ1) is 18.8. The van der Waals surface area contributed by atoms with Gasteiger partial charge in [0.15, 0.2) is 5.82 Å². The fourth-order valence-electron chi connectivity index (χ4n) is 2.51. The Balaban J connectivity index is 2.37. The number of methoxy groups -OCH3 is 1. The second kappa shape index (κ2) is 9.11. The molecule has 136 valence electrons. The maximum Gasteiger partial charge on any atom is 0.257 e. The molecule has 1 aromatic heterocycles. The molecule has 0 atom stereocenters. The van der Waals surface area contributed by atoms with E-state index < -0.39 is 0 Å². The first-order valence-corrected chi connectivity index (χ1v) is 8.69. The van der Waals surface area contributed by atoms with E-state index in [0.717, 1.165) is 24.2 Å². The molecule has 1 N–H and O–H groups in total. The van der Waals surface area contributed by atoms with Gasteiger partial charge in [-0.25, -0.2) is 9.97 Å². The third kappa shape index (κ3) is 4.53. The number of hydrogen-bond acceptors (Lipinski definition) is 6. The summed E-state index contributed by atoms with van der Waals surface area (Å²) in [6, 6.07) is 5.68. The Morgan fingerprint density at radius 3 is 2.52 bits per heavy atom. The molecule has 6 nitrogen and oxygen atoms in total. The summed E-state index contributed by atoms with van der Waals surface area (Å²) < 4.78 is 17.0. The van der Waals surface area contributed by atoms with Crippen LogP contribution < -0.4 is 19.5 Å². The van der Waals surface area contributed by atoms with Crippen LogP contribution in [0.25, 0.3) is 11.3 Å². The summed E-state index contributed by atoms with van der Waals surface area (Å²) in [4.78, 5) is 9.11. The zero-order chi connectivity index (χ0) is 18.2. The van der Waals surface area contributed by atoms with Crippen LogP contribution in [0.1, 0.15) is 33.6 Å². The SMILES string of the molecule is CCOc1ccc(-c2cnc(OC(CC)CC)c(NC)n2)c(OC)c1. The van der Waals surface area contributed by atoms with E-state index in [0.29, 0.717) is 29.7 Å². The van der Waals surface area contributed by atoms with Crippen molar-refractivity contribution in [1.29, 1.82) is 0 Å². The van der Waals surface area contributed by atoms with E-state index in [2.05, 4.69) is 29.1 Å². The second-order valence-electron chi connectivity index (χ2n) is 5.51. The second-order valence-corrected chi connectivity index (χ2v) is 5.51. The van der Waals surface area contributed by atoms with Gasteiger partial charge in [-0.15, -0.1) is 0 Å². The molecule has 0 amide bonds. The number of ether oxygens (including phenoxy) is 3. The number of benzene rings is 1. The van der Waals surface area contributed by atoms with E-state index in [-0.39, 0.29) is 6.10 Å². The Hall–Kier alpha value is -2.50.